The van der Waals surface area contributed by atoms with Gasteiger partial charge in [-0.1, -0.05) is 72.7 Å². The Bertz CT molecular complexity index is 910. The smallest absolute Gasteiger partial charge is 0.0140 e. The molecule has 0 amide bonds. The van der Waals surface area contributed by atoms with Crippen LogP contribution in [0.2, 0.25) is 0 Å². The maximum absolute atomic E-state index is 2.49. The molecule has 0 heterocycles. The van der Waals surface area contributed by atoms with E-state index < -0.39 is 0 Å². The van der Waals surface area contributed by atoms with E-state index in [1.54, 1.807) is 0 Å². The second-order valence-corrected chi connectivity index (χ2v) is 8.32. The summed E-state index contributed by atoms with van der Waals surface area (Å²) in [5.74, 6) is 1.64. The van der Waals surface area contributed by atoms with Crippen LogP contribution in [0.1, 0.15) is 88.5 Å². The fourth-order valence-corrected chi connectivity index (χ4v) is 4.39. The van der Waals surface area contributed by atoms with Crippen molar-refractivity contribution >= 4 is 21.5 Å². The molecule has 0 aromatic heterocycles. The van der Waals surface area contributed by atoms with Crippen molar-refractivity contribution in [1.29, 1.82) is 0 Å². The number of fused-ring (bicyclic) bond motifs is 2. The summed E-state index contributed by atoms with van der Waals surface area (Å²) in [4.78, 5) is 0. The van der Waals surface area contributed by atoms with Crippen molar-refractivity contribution in [1.82, 2.24) is 0 Å². The van der Waals surface area contributed by atoms with Crippen LogP contribution in [-0.4, -0.2) is 0 Å². The summed E-state index contributed by atoms with van der Waals surface area (Å²) in [7, 11) is 0. The van der Waals surface area contributed by atoms with Crippen LogP contribution < -0.4 is 0 Å². The molecule has 0 radical (unpaired) electrons. The summed E-state index contributed by atoms with van der Waals surface area (Å²) in [5.41, 5.74) is 6.06. The highest BCUT2D eigenvalue weighted by Crippen LogP contribution is 2.38. The molecule has 3 aromatic rings. The lowest BCUT2D eigenvalue weighted by atomic mass is 9.83. The predicted molar refractivity (Wildman–Crippen MR) is 113 cm³/mol. The Balaban J connectivity index is 2.47. The van der Waals surface area contributed by atoms with E-state index in [1.807, 2.05) is 0 Å². The minimum Gasteiger partial charge on any atom is -0.0613 e. The van der Waals surface area contributed by atoms with Crippen LogP contribution in [0.3, 0.4) is 0 Å². The van der Waals surface area contributed by atoms with E-state index in [1.165, 1.54) is 43.8 Å². The molecular formula is C25H32. The molecule has 3 rings (SSSR count). The molecule has 0 saturated heterocycles. The van der Waals surface area contributed by atoms with Crippen LogP contribution >= 0.6 is 0 Å². The molecule has 0 bridgehead atoms. The molecule has 0 N–H and O–H groups in total. The molecule has 25 heavy (non-hydrogen) atoms. The highest BCUT2D eigenvalue weighted by Gasteiger charge is 2.16. The fraction of sp³-hybridized carbons (Fsp3) is 0.440. The molecule has 0 aliphatic rings. The van der Waals surface area contributed by atoms with Gasteiger partial charge in [-0.15, -0.1) is 0 Å². The molecule has 0 aliphatic heterocycles. The van der Waals surface area contributed by atoms with Crippen molar-refractivity contribution in [2.75, 3.05) is 0 Å². The number of benzene rings is 3. The van der Waals surface area contributed by atoms with E-state index in [2.05, 4.69) is 84.9 Å². The Labute approximate surface area is 153 Å². The van der Waals surface area contributed by atoms with E-state index in [9.17, 15) is 0 Å². The van der Waals surface area contributed by atoms with Gasteiger partial charge in [-0.3, -0.25) is 0 Å². The molecule has 3 aromatic carbocycles. The lowest BCUT2D eigenvalue weighted by Gasteiger charge is -2.21. The molecule has 132 valence electrons. The summed E-state index contributed by atoms with van der Waals surface area (Å²) in [6.45, 7) is 16.2. The summed E-state index contributed by atoms with van der Waals surface area (Å²) >= 11 is 0. The van der Waals surface area contributed by atoms with E-state index in [0.29, 0.717) is 17.8 Å². The molecule has 0 spiro atoms. The summed E-state index contributed by atoms with van der Waals surface area (Å²) in [5, 5.41) is 5.65. The van der Waals surface area contributed by atoms with Gasteiger partial charge in [0.2, 0.25) is 0 Å². The fourth-order valence-electron chi connectivity index (χ4n) is 4.39. The van der Waals surface area contributed by atoms with Gasteiger partial charge in [-0.05, 0) is 80.1 Å². The number of aryl methyl sites for hydroxylation is 1. The third kappa shape index (κ3) is 3.08. The first-order chi connectivity index (χ1) is 11.8. The Kier molecular flexibility index (Phi) is 4.91. The zero-order chi connectivity index (χ0) is 18.3. The van der Waals surface area contributed by atoms with Crippen molar-refractivity contribution in [3.8, 4) is 0 Å². The van der Waals surface area contributed by atoms with Crippen LogP contribution in [0.4, 0.5) is 0 Å². The Morgan fingerprint density at radius 1 is 0.640 bits per heavy atom. The molecule has 0 atom stereocenters. The van der Waals surface area contributed by atoms with Crippen LogP contribution in [0.5, 0.6) is 0 Å². The molecule has 0 fully saturated rings. The van der Waals surface area contributed by atoms with Crippen molar-refractivity contribution in [3.05, 3.63) is 58.7 Å². The zero-order valence-corrected chi connectivity index (χ0v) is 16.9. The van der Waals surface area contributed by atoms with Gasteiger partial charge in [0.1, 0.15) is 0 Å². The molecule has 0 saturated carbocycles. The molecule has 0 aliphatic carbocycles. The van der Waals surface area contributed by atoms with Crippen LogP contribution in [0.15, 0.2) is 36.4 Å². The van der Waals surface area contributed by atoms with E-state index in [4.69, 9.17) is 0 Å². The van der Waals surface area contributed by atoms with Gasteiger partial charge in [0.15, 0.2) is 0 Å². The first-order valence-electron chi connectivity index (χ1n) is 9.87. The lowest BCUT2D eigenvalue weighted by Crippen LogP contribution is -2.01. The van der Waals surface area contributed by atoms with Crippen molar-refractivity contribution in [3.63, 3.8) is 0 Å². The topological polar surface area (TPSA) is 0 Å². The Morgan fingerprint density at radius 2 is 1.20 bits per heavy atom. The third-order valence-electron chi connectivity index (χ3n) is 5.52. The van der Waals surface area contributed by atoms with Crippen molar-refractivity contribution in [2.45, 2.75) is 72.6 Å². The zero-order valence-electron chi connectivity index (χ0n) is 16.9. The molecular weight excluding hydrogens is 300 g/mol. The quantitative estimate of drug-likeness (QED) is 0.425. The normalized spacial score (nSPS) is 12.2. The van der Waals surface area contributed by atoms with E-state index in [-0.39, 0.29) is 0 Å². The maximum atomic E-state index is 2.49. The monoisotopic (exact) mass is 332 g/mol. The summed E-state index contributed by atoms with van der Waals surface area (Å²) in [6, 6.07) is 14.2. The second kappa shape index (κ2) is 6.83. The predicted octanol–water partition coefficient (Wildman–Crippen LogP) is 7.93. The van der Waals surface area contributed by atoms with Crippen LogP contribution in [-0.2, 0) is 6.42 Å². The minimum atomic E-state index is 0.537. The van der Waals surface area contributed by atoms with Crippen LogP contribution in [0, 0.1) is 0 Å². The van der Waals surface area contributed by atoms with Gasteiger partial charge >= 0.3 is 0 Å². The average Bonchev–Trinajstić information content (AvgIpc) is 2.57. The average molecular weight is 333 g/mol. The van der Waals surface area contributed by atoms with E-state index in [0.717, 1.165) is 6.42 Å². The van der Waals surface area contributed by atoms with Crippen LogP contribution in [0.25, 0.3) is 21.5 Å². The van der Waals surface area contributed by atoms with Gasteiger partial charge in [0.05, 0.1) is 0 Å². The van der Waals surface area contributed by atoms with E-state index >= 15 is 0 Å². The van der Waals surface area contributed by atoms with Crippen molar-refractivity contribution in [2.24, 2.45) is 0 Å². The van der Waals surface area contributed by atoms with Gasteiger partial charge in [0.25, 0.3) is 0 Å². The van der Waals surface area contributed by atoms with Gasteiger partial charge in [-0.25, -0.2) is 0 Å². The standard InChI is InChI=1S/C25H32/c1-8-18-9-10-19-13-20-11-12-21(15(2)3)25(17(6)7)23(20)14-22(19)24(18)16(4)5/h9-17H,8H2,1-7H3. The molecule has 0 unspecified atom stereocenters. The third-order valence-corrected chi connectivity index (χ3v) is 5.52. The molecule has 0 heteroatoms. The SMILES string of the molecule is CCc1ccc2cc3ccc(C(C)C)c(C(C)C)c3cc2c1C(C)C. The number of hydrogen-bond acceptors (Lipinski definition) is 0. The Hall–Kier alpha value is -1.82. The Morgan fingerprint density at radius 3 is 1.72 bits per heavy atom. The van der Waals surface area contributed by atoms with Crippen molar-refractivity contribution < 1.29 is 0 Å². The number of rotatable bonds is 4. The number of hydrogen-bond donors (Lipinski definition) is 0. The first-order valence-corrected chi connectivity index (χ1v) is 9.87. The molecule has 0 nitrogen and oxygen atoms in total. The van der Waals surface area contributed by atoms with Gasteiger partial charge in [0, 0.05) is 0 Å². The summed E-state index contributed by atoms with van der Waals surface area (Å²) < 4.78 is 0. The minimum absolute atomic E-state index is 0.537. The summed E-state index contributed by atoms with van der Waals surface area (Å²) in [6.07, 6.45) is 1.10. The largest absolute Gasteiger partial charge is 0.0613 e. The lowest BCUT2D eigenvalue weighted by molar-refractivity contribution is 0.798. The highest BCUT2D eigenvalue weighted by molar-refractivity contribution is 6.02. The van der Waals surface area contributed by atoms with Gasteiger partial charge < -0.3 is 0 Å². The maximum Gasteiger partial charge on any atom is -0.0140 e. The van der Waals surface area contributed by atoms with Gasteiger partial charge in [-0.2, -0.15) is 0 Å². The highest BCUT2D eigenvalue weighted by atomic mass is 14.2. The first kappa shape index (κ1) is 18.0. The second-order valence-electron chi connectivity index (χ2n) is 8.32.